The minimum absolute atomic E-state index is 0.189. The topological polar surface area (TPSA) is 77.8 Å². The van der Waals surface area contributed by atoms with E-state index in [1.807, 2.05) is 45.3 Å². The Morgan fingerprint density at radius 2 is 1.84 bits per heavy atom. The number of anilines is 1. The molecule has 8 heteroatoms. The standard InChI is InChI=1S/C29H35FN6.C4H8.C2H6.CH5N/c1-4-11-29(14-23(29)5-2)18-35-12-10-25-27(35)31-19-32-28(25)36(24-8-9-24)17-21-7-6-20(13-26(21)30)22-15-33-34(3)16-22;1-3-4-2;2*1-2/h6-7,10,12-13,15-16,19,23-24H,4-5,8-9,11,14,17-18H2,1-3H3;3H,1,4H2,2H3;1-2H3;2H2,1H3. The smallest absolute Gasteiger partial charge is 0.145 e. The van der Waals surface area contributed by atoms with Gasteiger partial charge in [0.2, 0.25) is 0 Å². The fourth-order valence-electron chi connectivity index (χ4n) is 6.14. The summed E-state index contributed by atoms with van der Waals surface area (Å²) in [5, 5.41) is 5.28. The molecular formula is C36H54FN7. The summed E-state index contributed by atoms with van der Waals surface area (Å²) in [6.07, 6.45) is 17.8. The van der Waals surface area contributed by atoms with Crippen LogP contribution in [0.3, 0.4) is 0 Å². The molecule has 0 bridgehead atoms. The molecule has 2 N–H and O–H groups in total. The van der Waals surface area contributed by atoms with Crippen LogP contribution in [0.5, 0.6) is 0 Å². The monoisotopic (exact) mass is 603 g/mol. The summed E-state index contributed by atoms with van der Waals surface area (Å²) in [5.41, 5.74) is 8.36. The SMILES string of the molecule is C=CCC.CC.CCCC1(Cn2ccc3c(N(Cc4ccc(-c5cnn(C)c5)cc4F)C4CC4)ncnc32)CC1CC.CN. The molecule has 2 atom stereocenters. The number of rotatable bonds is 11. The molecule has 240 valence electrons. The lowest BCUT2D eigenvalue weighted by Crippen LogP contribution is -2.27. The summed E-state index contributed by atoms with van der Waals surface area (Å²) < 4.78 is 19.3. The van der Waals surface area contributed by atoms with Crippen molar-refractivity contribution in [3.05, 3.63) is 73.2 Å². The van der Waals surface area contributed by atoms with Crippen molar-refractivity contribution in [1.29, 1.82) is 0 Å². The van der Waals surface area contributed by atoms with Gasteiger partial charge in [0.1, 0.15) is 23.6 Å². The highest BCUT2D eigenvalue weighted by atomic mass is 19.1. The quantitative estimate of drug-likeness (QED) is 0.174. The summed E-state index contributed by atoms with van der Waals surface area (Å²) >= 11 is 0. The van der Waals surface area contributed by atoms with Crippen LogP contribution >= 0.6 is 0 Å². The number of aryl methyl sites for hydroxylation is 1. The van der Waals surface area contributed by atoms with E-state index in [4.69, 9.17) is 9.97 Å². The summed E-state index contributed by atoms with van der Waals surface area (Å²) in [6, 6.07) is 8.06. The zero-order chi connectivity index (χ0) is 32.3. The molecule has 6 rings (SSSR count). The molecule has 2 unspecified atom stereocenters. The fourth-order valence-corrected chi connectivity index (χ4v) is 6.14. The lowest BCUT2D eigenvalue weighted by Gasteiger charge is -2.25. The zero-order valence-electron chi connectivity index (χ0n) is 28.1. The molecule has 0 aliphatic heterocycles. The second-order valence-corrected chi connectivity index (χ2v) is 11.6. The van der Waals surface area contributed by atoms with Crippen LogP contribution < -0.4 is 10.6 Å². The van der Waals surface area contributed by atoms with E-state index in [0.29, 0.717) is 23.6 Å². The van der Waals surface area contributed by atoms with Crippen molar-refractivity contribution < 1.29 is 4.39 Å². The Hall–Kier alpha value is -3.52. The highest BCUT2D eigenvalue weighted by molar-refractivity contribution is 5.88. The molecule has 0 saturated heterocycles. The molecule has 4 aromatic rings. The molecular weight excluding hydrogens is 549 g/mol. The number of benzene rings is 1. The number of aromatic nitrogens is 5. The van der Waals surface area contributed by atoms with E-state index in [0.717, 1.165) is 59.7 Å². The van der Waals surface area contributed by atoms with Crippen molar-refractivity contribution in [3.8, 4) is 11.1 Å². The van der Waals surface area contributed by atoms with Gasteiger partial charge in [-0.1, -0.05) is 65.7 Å². The predicted molar refractivity (Wildman–Crippen MR) is 183 cm³/mol. The summed E-state index contributed by atoms with van der Waals surface area (Å²) in [7, 11) is 3.37. The number of nitrogens with two attached hydrogens (primary N) is 1. The van der Waals surface area contributed by atoms with Gasteiger partial charge in [0, 0.05) is 49.7 Å². The Morgan fingerprint density at radius 1 is 1.11 bits per heavy atom. The maximum Gasteiger partial charge on any atom is 0.145 e. The summed E-state index contributed by atoms with van der Waals surface area (Å²) in [6.45, 7) is 15.7. The van der Waals surface area contributed by atoms with E-state index in [2.05, 4.69) is 59.9 Å². The molecule has 2 aliphatic rings. The van der Waals surface area contributed by atoms with E-state index in [1.54, 1.807) is 23.3 Å². The molecule has 2 saturated carbocycles. The van der Waals surface area contributed by atoms with Gasteiger partial charge in [-0.15, -0.1) is 6.58 Å². The molecule has 0 spiro atoms. The van der Waals surface area contributed by atoms with Crippen LogP contribution in [0.4, 0.5) is 10.2 Å². The van der Waals surface area contributed by atoms with Gasteiger partial charge in [-0.05, 0) is 68.2 Å². The van der Waals surface area contributed by atoms with Crippen LogP contribution in [0, 0.1) is 17.2 Å². The summed E-state index contributed by atoms with van der Waals surface area (Å²) in [4.78, 5) is 11.7. The molecule has 2 fully saturated rings. The number of fused-ring (bicyclic) bond motifs is 1. The first-order valence-electron chi connectivity index (χ1n) is 16.5. The predicted octanol–water partition coefficient (Wildman–Crippen LogP) is 8.54. The Labute approximate surface area is 264 Å². The van der Waals surface area contributed by atoms with Crippen molar-refractivity contribution in [2.45, 2.75) is 98.7 Å². The average molecular weight is 604 g/mol. The average Bonchev–Trinajstić information content (AvgIpc) is 3.93. The van der Waals surface area contributed by atoms with Gasteiger partial charge in [-0.25, -0.2) is 14.4 Å². The molecule has 0 radical (unpaired) electrons. The first-order chi connectivity index (χ1) is 21.4. The second-order valence-electron chi connectivity index (χ2n) is 11.6. The Bertz CT molecular complexity index is 1450. The Morgan fingerprint density at radius 3 is 2.39 bits per heavy atom. The molecule has 3 aromatic heterocycles. The third-order valence-corrected chi connectivity index (χ3v) is 8.60. The normalized spacial score (nSPS) is 18.2. The lowest BCUT2D eigenvalue weighted by molar-refractivity contribution is 0.352. The molecule has 0 amide bonds. The van der Waals surface area contributed by atoms with Gasteiger partial charge in [0.05, 0.1) is 11.6 Å². The van der Waals surface area contributed by atoms with Gasteiger partial charge in [-0.3, -0.25) is 4.68 Å². The molecule has 2 aliphatic carbocycles. The van der Waals surface area contributed by atoms with Crippen molar-refractivity contribution in [2.24, 2.45) is 24.1 Å². The minimum atomic E-state index is -0.189. The third-order valence-electron chi connectivity index (χ3n) is 8.60. The van der Waals surface area contributed by atoms with E-state index >= 15 is 4.39 Å². The second kappa shape index (κ2) is 16.5. The summed E-state index contributed by atoms with van der Waals surface area (Å²) in [5.74, 6) is 1.55. The highest BCUT2D eigenvalue weighted by Crippen LogP contribution is 2.59. The van der Waals surface area contributed by atoms with Crippen LogP contribution in [0.25, 0.3) is 22.2 Å². The maximum absolute atomic E-state index is 15.3. The molecule has 3 heterocycles. The largest absolute Gasteiger partial charge is 0.349 e. The van der Waals surface area contributed by atoms with Gasteiger partial charge < -0.3 is 15.2 Å². The van der Waals surface area contributed by atoms with Crippen molar-refractivity contribution in [1.82, 2.24) is 24.3 Å². The van der Waals surface area contributed by atoms with Gasteiger partial charge in [0.25, 0.3) is 0 Å². The number of hydrogen-bond acceptors (Lipinski definition) is 5. The number of allylic oxidation sites excluding steroid dienone is 1. The first kappa shape index (κ1) is 35.0. The van der Waals surface area contributed by atoms with Crippen LogP contribution in [-0.2, 0) is 20.1 Å². The molecule has 1 aromatic carbocycles. The lowest BCUT2D eigenvalue weighted by atomic mass is 9.96. The van der Waals surface area contributed by atoms with Gasteiger partial charge >= 0.3 is 0 Å². The minimum Gasteiger partial charge on any atom is -0.349 e. The van der Waals surface area contributed by atoms with Gasteiger partial charge in [0.15, 0.2) is 0 Å². The molecule has 7 nitrogen and oxygen atoms in total. The van der Waals surface area contributed by atoms with Crippen LogP contribution in [0.2, 0.25) is 0 Å². The van der Waals surface area contributed by atoms with E-state index in [9.17, 15) is 0 Å². The number of halogens is 1. The first-order valence-corrected chi connectivity index (χ1v) is 16.5. The van der Waals surface area contributed by atoms with E-state index in [1.165, 1.54) is 32.7 Å². The highest BCUT2D eigenvalue weighted by Gasteiger charge is 2.51. The third kappa shape index (κ3) is 8.14. The van der Waals surface area contributed by atoms with Gasteiger partial charge in [-0.2, -0.15) is 5.10 Å². The fraction of sp³-hybridized carbons (Fsp3) is 0.528. The van der Waals surface area contributed by atoms with Crippen molar-refractivity contribution in [3.63, 3.8) is 0 Å². The van der Waals surface area contributed by atoms with E-state index < -0.39 is 0 Å². The van der Waals surface area contributed by atoms with Crippen LogP contribution in [-0.4, -0.2) is 37.4 Å². The number of nitrogens with zero attached hydrogens (tertiary/aromatic N) is 6. The van der Waals surface area contributed by atoms with Crippen molar-refractivity contribution >= 4 is 16.9 Å². The Balaban J connectivity index is 0.000000603. The van der Waals surface area contributed by atoms with Crippen LogP contribution in [0.15, 0.2) is 61.8 Å². The van der Waals surface area contributed by atoms with Crippen LogP contribution in [0.1, 0.15) is 85.1 Å². The number of hydrogen-bond donors (Lipinski definition) is 1. The maximum atomic E-state index is 15.3. The van der Waals surface area contributed by atoms with E-state index in [-0.39, 0.29) is 5.82 Å². The van der Waals surface area contributed by atoms with Crippen molar-refractivity contribution in [2.75, 3.05) is 11.9 Å². The molecule has 44 heavy (non-hydrogen) atoms. The zero-order valence-corrected chi connectivity index (χ0v) is 28.1. The Kier molecular flexibility index (Phi) is 13.1.